The Morgan fingerprint density at radius 2 is 1.55 bits per heavy atom. The highest BCUT2D eigenvalue weighted by molar-refractivity contribution is 4.48. The second-order valence-electron chi connectivity index (χ2n) is 2.79. The first-order valence-corrected chi connectivity index (χ1v) is 4.49. The number of rotatable bonds is 7. The van der Waals surface area contributed by atoms with E-state index < -0.39 is 0 Å². The van der Waals surface area contributed by atoms with Gasteiger partial charge in [-0.05, 0) is 12.8 Å². The number of hydrogen-bond acceptors (Lipinski definition) is 3. The molecule has 0 aromatic rings. The van der Waals surface area contributed by atoms with Gasteiger partial charge in [0.1, 0.15) is 0 Å². The number of unbranched alkanes of at least 4 members (excludes halogenated alkanes) is 2. The summed E-state index contributed by atoms with van der Waals surface area (Å²) in [4.78, 5) is 0. The van der Waals surface area contributed by atoms with Crippen molar-refractivity contribution < 1.29 is 5.21 Å². The van der Waals surface area contributed by atoms with E-state index in [-0.39, 0.29) is 0 Å². The van der Waals surface area contributed by atoms with Crippen molar-refractivity contribution in [3.8, 4) is 0 Å². The summed E-state index contributed by atoms with van der Waals surface area (Å²) in [5.74, 6) is 0. The molecule has 3 nitrogen and oxygen atoms in total. The zero-order chi connectivity index (χ0) is 8.53. The zero-order valence-electron chi connectivity index (χ0n) is 7.64. The Kier molecular flexibility index (Phi) is 7.89. The Bertz CT molecular complexity index is 70.5. The van der Waals surface area contributed by atoms with E-state index >= 15 is 0 Å². The molecule has 0 atom stereocenters. The summed E-state index contributed by atoms with van der Waals surface area (Å²) in [6, 6.07) is 0. The molecule has 11 heavy (non-hydrogen) atoms. The average molecular weight is 160 g/mol. The lowest BCUT2D eigenvalue weighted by Crippen LogP contribution is -2.37. The molecular weight excluding hydrogens is 140 g/mol. The summed E-state index contributed by atoms with van der Waals surface area (Å²) in [6.45, 7) is 6.17. The normalized spacial score (nSPS) is 10.9. The molecule has 3 heteroatoms. The highest BCUT2D eigenvalue weighted by Gasteiger charge is 1.99. The van der Waals surface area contributed by atoms with Crippen LogP contribution < -0.4 is 5.59 Å². The molecule has 0 amide bonds. The Morgan fingerprint density at radius 3 is 1.82 bits per heavy atom. The van der Waals surface area contributed by atoms with Crippen LogP contribution in [0.25, 0.3) is 0 Å². The first kappa shape index (κ1) is 10.9. The minimum atomic E-state index is 0.938. The van der Waals surface area contributed by atoms with E-state index in [1.165, 1.54) is 12.8 Å². The van der Waals surface area contributed by atoms with Gasteiger partial charge < -0.3 is 5.21 Å². The van der Waals surface area contributed by atoms with Gasteiger partial charge in [-0.1, -0.05) is 26.7 Å². The second kappa shape index (κ2) is 7.98. The summed E-state index contributed by atoms with van der Waals surface area (Å²) < 4.78 is 0. The first-order chi connectivity index (χ1) is 5.35. The Morgan fingerprint density at radius 1 is 1.09 bits per heavy atom. The highest BCUT2D eigenvalue weighted by Crippen LogP contribution is 1.94. The number of hydrazine groups is 1. The number of hydrogen-bond donors (Lipinski definition) is 2. The molecule has 0 unspecified atom stereocenters. The third-order valence-electron chi connectivity index (χ3n) is 1.70. The summed E-state index contributed by atoms with van der Waals surface area (Å²) in [5, 5.41) is 10.5. The van der Waals surface area contributed by atoms with Gasteiger partial charge in [-0.3, -0.25) is 0 Å². The van der Waals surface area contributed by atoms with Crippen molar-refractivity contribution in [2.45, 2.75) is 39.5 Å². The fourth-order valence-electron chi connectivity index (χ4n) is 0.910. The SMILES string of the molecule is CCCCN(CCCC)NO. The maximum Gasteiger partial charge on any atom is 0.0152 e. The summed E-state index contributed by atoms with van der Waals surface area (Å²) in [7, 11) is 0. The number of nitrogens with one attached hydrogen (secondary N) is 1. The minimum Gasteiger partial charge on any atom is -0.302 e. The molecule has 0 aliphatic rings. The molecule has 0 spiro atoms. The van der Waals surface area contributed by atoms with Crippen molar-refractivity contribution >= 4 is 0 Å². The first-order valence-electron chi connectivity index (χ1n) is 4.49. The molecule has 0 radical (unpaired) electrons. The van der Waals surface area contributed by atoms with Crippen LogP contribution in [0.3, 0.4) is 0 Å². The highest BCUT2D eigenvalue weighted by atomic mass is 16.5. The molecule has 0 saturated carbocycles. The van der Waals surface area contributed by atoms with E-state index in [1.54, 1.807) is 0 Å². The molecule has 0 aliphatic carbocycles. The van der Waals surface area contributed by atoms with Gasteiger partial charge in [-0.25, -0.2) is 5.01 Å². The zero-order valence-corrected chi connectivity index (χ0v) is 7.64. The summed E-state index contributed by atoms with van der Waals surface area (Å²) in [6.07, 6.45) is 4.61. The third kappa shape index (κ3) is 6.28. The largest absolute Gasteiger partial charge is 0.302 e. The average Bonchev–Trinajstić information content (AvgIpc) is 2.05. The molecule has 0 rings (SSSR count). The molecule has 0 aromatic heterocycles. The van der Waals surface area contributed by atoms with Crippen LogP contribution in [-0.2, 0) is 0 Å². The van der Waals surface area contributed by atoms with Gasteiger partial charge in [0, 0.05) is 13.1 Å². The predicted octanol–water partition coefficient (Wildman–Crippen LogP) is 1.78. The van der Waals surface area contributed by atoms with Gasteiger partial charge in [0.2, 0.25) is 0 Å². The summed E-state index contributed by atoms with van der Waals surface area (Å²) in [5.41, 5.74) is 2.20. The Hall–Kier alpha value is -0.120. The standard InChI is InChI=1S/C8H20N2O/c1-3-5-7-10(9-11)8-6-4-2/h9,11H,3-8H2,1-2H3. The van der Waals surface area contributed by atoms with Crippen LogP contribution in [0.4, 0.5) is 0 Å². The van der Waals surface area contributed by atoms with Crippen LogP contribution in [0.5, 0.6) is 0 Å². The minimum absolute atomic E-state index is 0.938. The van der Waals surface area contributed by atoms with Crippen molar-refractivity contribution in [3.63, 3.8) is 0 Å². The maximum atomic E-state index is 8.66. The van der Waals surface area contributed by atoms with E-state index in [4.69, 9.17) is 5.21 Å². The van der Waals surface area contributed by atoms with E-state index in [9.17, 15) is 0 Å². The lowest BCUT2D eigenvalue weighted by Gasteiger charge is -2.18. The number of nitrogens with zero attached hydrogens (tertiary/aromatic N) is 1. The van der Waals surface area contributed by atoms with Gasteiger partial charge in [-0.2, -0.15) is 0 Å². The summed E-state index contributed by atoms with van der Waals surface area (Å²) >= 11 is 0. The molecule has 2 N–H and O–H groups in total. The van der Waals surface area contributed by atoms with Crippen LogP contribution >= 0.6 is 0 Å². The Balaban J connectivity index is 3.25. The van der Waals surface area contributed by atoms with E-state index in [2.05, 4.69) is 19.4 Å². The van der Waals surface area contributed by atoms with Crippen molar-refractivity contribution in [1.29, 1.82) is 0 Å². The Labute approximate surface area is 69.3 Å². The van der Waals surface area contributed by atoms with Crippen molar-refractivity contribution in [2.24, 2.45) is 0 Å². The fourth-order valence-corrected chi connectivity index (χ4v) is 0.910. The topological polar surface area (TPSA) is 35.5 Å². The molecule has 0 aliphatic heterocycles. The maximum absolute atomic E-state index is 8.66. The fraction of sp³-hybridized carbons (Fsp3) is 1.00. The smallest absolute Gasteiger partial charge is 0.0152 e. The lowest BCUT2D eigenvalue weighted by atomic mass is 10.3. The van der Waals surface area contributed by atoms with Crippen molar-refractivity contribution in [2.75, 3.05) is 13.1 Å². The predicted molar refractivity (Wildman–Crippen MR) is 46.3 cm³/mol. The van der Waals surface area contributed by atoms with Gasteiger partial charge in [-0.15, -0.1) is 5.59 Å². The molecule has 0 fully saturated rings. The molecular formula is C8H20N2O. The monoisotopic (exact) mass is 160 g/mol. The third-order valence-corrected chi connectivity index (χ3v) is 1.70. The van der Waals surface area contributed by atoms with Crippen LogP contribution in [0.15, 0.2) is 0 Å². The molecule has 0 aromatic carbocycles. The van der Waals surface area contributed by atoms with Gasteiger partial charge >= 0.3 is 0 Å². The van der Waals surface area contributed by atoms with Crippen LogP contribution in [0, 0.1) is 0 Å². The molecule has 0 saturated heterocycles. The molecule has 0 bridgehead atoms. The van der Waals surface area contributed by atoms with Gasteiger partial charge in [0.15, 0.2) is 0 Å². The van der Waals surface area contributed by atoms with E-state index in [1.807, 2.05) is 5.01 Å². The van der Waals surface area contributed by atoms with Crippen LogP contribution in [-0.4, -0.2) is 23.3 Å². The quantitative estimate of drug-likeness (QED) is 0.557. The van der Waals surface area contributed by atoms with E-state index in [0.29, 0.717) is 0 Å². The van der Waals surface area contributed by atoms with Crippen molar-refractivity contribution in [3.05, 3.63) is 0 Å². The lowest BCUT2D eigenvalue weighted by molar-refractivity contribution is -0.0213. The van der Waals surface area contributed by atoms with Crippen LogP contribution in [0.2, 0.25) is 0 Å². The van der Waals surface area contributed by atoms with Crippen LogP contribution in [0.1, 0.15) is 39.5 Å². The van der Waals surface area contributed by atoms with Crippen molar-refractivity contribution in [1.82, 2.24) is 10.6 Å². The van der Waals surface area contributed by atoms with Gasteiger partial charge in [0.05, 0.1) is 0 Å². The second-order valence-corrected chi connectivity index (χ2v) is 2.79. The molecule has 0 heterocycles. The van der Waals surface area contributed by atoms with E-state index in [0.717, 1.165) is 25.9 Å². The van der Waals surface area contributed by atoms with Gasteiger partial charge in [0.25, 0.3) is 0 Å². The molecule has 68 valence electrons.